The van der Waals surface area contributed by atoms with Crippen molar-refractivity contribution < 1.29 is 4.79 Å². The standard InChI is InChI=1S/C15H20N4OS2/c20-13(5-1-3-12-4-2-10-22-12)16-8-9-19-14(11-6-7-11)17-18-15(19)21/h2,4,10-11H,1,3,5-9H2,(H,16,20)(H,18,21). The number of hydrogen-bond donors (Lipinski definition) is 2. The minimum atomic E-state index is 0.111. The number of aromatic nitrogens is 3. The van der Waals surface area contributed by atoms with E-state index in [1.165, 1.54) is 17.7 Å². The van der Waals surface area contributed by atoms with Gasteiger partial charge in [-0.2, -0.15) is 5.10 Å². The number of H-pyrrole nitrogens is 1. The molecule has 0 radical (unpaired) electrons. The van der Waals surface area contributed by atoms with E-state index in [0.717, 1.165) is 18.7 Å². The molecule has 0 spiro atoms. The number of amides is 1. The van der Waals surface area contributed by atoms with Crippen LogP contribution in [0.5, 0.6) is 0 Å². The highest BCUT2D eigenvalue weighted by molar-refractivity contribution is 7.71. The van der Waals surface area contributed by atoms with Crippen molar-refractivity contribution in [2.45, 2.75) is 44.6 Å². The topological polar surface area (TPSA) is 62.7 Å². The summed E-state index contributed by atoms with van der Waals surface area (Å²) in [6, 6.07) is 4.16. The van der Waals surface area contributed by atoms with Crippen LogP contribution in [-0.2, 0) is 17.8 Å². The third-order valence-corrected chi connectivity index (χ3v) is 5.04. The number of thiophene rings is 1. The van der Waals surface area contributed by atoms with Gasteiger partial charge in [-0.3, -0.25) is 9.89 Å². The summed E-state index contributed by atoms with van der Waals surface area (Å²) in [6.07, 6.45) is 4.82. The van der Waals surface area contributed by atoms with Crippen LogP contribution in [0, 0.1) is 4.77 Å². The van der Waals surface area contributed by atoms with Crippen molar-refractivity contribution in [2.24, 2.45) is 0 Å². The first kappa shape index (κ1) is 15.4. The zero-order chi connectivity index (χ0) is 15.4. The zero-order valence-corrected chi connectivity index (χ0v) is 14.0. The molecule has 22 heavy (non-hydrogen) atoms. The predicted octanol–water partition coefficient (Wildman–Crippen LogP) is 3.02. The van der Waals surface area contributed by atoms with Gasteiger partial charge in [0, 0.05) is 30.3 Å². The summed E-state index contributed by atoms with van der Waals surface area (Å²) in [6.45, 7) is 1.29. The van der Waals surface area contributed by atoms with Gasteiger partial charge < -0.3 is 9.88 Å². The van der Waals surface area contributed by atoms with Gasteiger partial charge in [0.25, 0.3) is 0 Å². The van der Waals surface area contributed by atoms with Crippen molar-refractivity contribution in [3.8, 4) is 0 Å². The molecule has 1 fully saturated rings. The normalized spacial score (nSPS) is 14.2. The molecule has 0 unspecified atom stereocenters. The molecular formula is C15H20N4OS2. The molecule has 3 rings (SSSR count). The van der Waals surface area contributed by atoms with Gasteiger partial charge >= 0.3 is 0 Å². The van der Waals surface area contributed by atoms with Gasteiger partial charge in [0.05, 0.1) is 0 Å². The Balaban J connectivity index is 1.38. The molecule has 7 heteroatoms. The first-order chi connectivity index (χ1) is 10.7. The summed E-state index contributed by atoms with van der Waals surface area (Å²) in [5.41, 5.74) is 0. The Morgan fingerprint density at radius 3 is 3.14 bits per heavy atom. The Labute approximate surface area is 138 Å². The molecule has 0 bridgehead atoms. The van der Waals surface area contributed by atoms with Gasteiger partial charge in [0.2, 0.25) is 5.91 Å². The monoisotopic (exact) mass is 336 g/mol. The Bertz CT molecular complexity index is 670. The van der Waals surface area contributed by atoms with Gasteiger partial charge in [-0.15, -0.1) is 11.3 Å². The highest BCUT2D eigenvalue weighted by Gasteiger charge is 2.28. The maximum atomic E-state index is 11.8. The van der Waals surface area contributed by atoms with Crippen LogP contribution < -0.4 is 5.32 Å². The lowest BCUT2D eigenvalue weighted by Gasteiger charge is -2.08. The number of nitrogens with zero attached hydrogens (tertiary/aromatic N) is 2. The van der Waals surface area contributed by atoms with Crippen molar-refractivity contribution in [1.82, 2.24) is 20.1 Å². The highest BCUT2D eigenvalue weighted by atomic mass is 32.1. The molecule has 2 heterocycles. The van der Waals surface area contributed by atoms with Crippen molar-refractivity contribution >= 4 is 29.5 Å². The molecule has 1 saturated carbocycles. The van der Waals surface area contributed by atoms with Crippen molar-refractivity contribution in [3.05, 3.63) is 33.0 Å². The van der Waals surface area contributed by atoms with Crippen molar-refractivity contribution in [1.29, 1.82) is 0 Å². The van der Waals surface area contributed by atoms with Crippen LogP contribution in [0.3, 0.4) is 0 Å². The maximum absolute atomic E-state index is 11.8. The van der Waals surface area contributed by atoms with Crippen LogP contribution >= 0.6 is 23.6 Å². The second-order valence-electron chi connectivity index (χ2n) is 5.60. The van der Waals surface area contributed by atoms with E-state index in [9.17, 15) is 4.79 Å². The lowest BCUT2D eigenvalue weighted by molar-refractivity contribution is -0.121. The molecule has 0 aliphatic heterocycles. The van der Waals surface area contributed by atoms with Crippen molar-refractivity contribution in [3.63, 3.8) is 0 Å². The van der Waals surface area contributed by atoms with Gasteiger partial charge in [-0.05, 0) is 49.3 Å². The van der Waals surface area contributed by atoms with E-state index in [1.54, 1.807) is 11.3 Å². The maximum Gasteiger partial charge on any atom is 0.220 e. The quantitative estimate of drug-likeness (QED) is 0.728. The van der Waals surface area contributed by atoms with Crippen LogP contribution in [0.25, 0.3) is 0 Å². The third-order valence-electron chi connectivity index (χ3n) is 3.79. The van der Waals surface area contributed by atoms with E-state index >= 15 is 0 Å². The average molecular weight is 336 g/mol. The van der Waals surface area contributed by atoms with E-state index < -0.39 is 0 Å². The summed E-state index contributed by atoms with van der Waals surface area (Å²) < 4.78 is 2.66. The molecule has 2 N–H and O–H groups in total. The molecule has 1 aliphatic rings. The minimum Gasteiger partial charge on any atom is -0.354 e. The Morgan fingerprint density at radius 2 is 2.41 bits per heavy atom. The minimum absolute atomic E-state index is 0.111. The number of aryl methyl sites for hydroxylation is 1. The van der Waals surface area contributed by atoms with E-state index in [4.69, 9.17) is 12.2 Å². The number of aromatic amines is 1. The summed E-state index contributed by atoms with van der Waals surface area (Å²) in [4.78, 5) is 13.2. The highest BCUT2D eigenvalue weighted by Crippen LogP contribution is 2.38. The first-order valence-corrected chi connectivity index (χ1v) is 8.97. The fraction of sp³-hybridized carbons (Fsp3) is 0.533. The molecule has 0 saturated heterocycles. The van der Waals surface area contributed by atoms with Gasteiger partial charge in [0.15, 0.2) is 4.77 Å². The van der Waals surface area contributed by atoms with E-state index in [1.807, 2.05) is 10.6 Å². The van der Waals surface area contributed by atoms with Gasteiger partial charge in [-0.1, -0.05) is 6.07 Å². The van der Waals surface area contributed by atoms with Crippen LogP contribution in [0.2, 0.25) is 0 Å². The molecule has 5 nitrogen and oxygen atoms in total. The molecule has 0 atom stereocenters. The third kappa shape index (κ3) is 4.04. The Morgan fingerprint density at radius 1 is 1.55 bits per heavy atom. The lowest BCUT2D eigenvalue weighted by atomic mass is 10.2. The molecule has 2 aromatic heterocycles. The second kappa shape index (κ2) is 7.19. The van der Waals surface area contributed by atoms with Crippen LogP contribution in [-0.4, -0.2) is 27.2 Å². The molecule has 0 aromatic carbocycles. The number of nitrogens with one attached hydrogen (secondary N) is 2. The molecule has 1 amide bonds. The second-order valence-corrected chi connectivity index (χ2v) is 7.01. The number of rotatable bonds is 8. The largest absolute Gasteiger partial charge is 0.354 e. The molecule has 2 aromatic rings. The van der Waals surface area contributed by atoms with E-state index in [2.05, 4.69) is 27.0 Å². The van der Waals surface area contributed by atoms with Crippen LogP contribution in [0.1, 0.15) is 42.3 Å². The van der Waals surface area contributed by atoms with E-state index in [-0.39, 0.29) is 5.91 Å². The molecule has 118 valence electrons. The first-order valence-electron chi connectivity index (χ1n) is 7.68. The number of carbonyl (C=O) groups is 1. The predicted molar refractivity (Wildman–Crippen MR) is 89.7 cm³/mol. The van der Waals surface area contributed by atoms with Crippen LogP contribution in [0.15, 0.2) is 17.5 Å². The Kier molecular flexibility index (Phi) is 5.04. The summed E-state index contributed by atoms with van der Waals surface area (Å²) in [7, 11) is 0. The number of hydrogen-bond acceptors (Lipinski definition) is 4. The molecular weight excluding hydrogens is 316 g/mol. The average Bonchev–Trinajstić information content (AvgIpc) is 3.09. The SMILES string of the molecule is O=C(CCCc1cccs1)NCCn1c(C2CC2)n[nH]c1=S. The summed E-state index contributed by atoms with van der Waals surface area (Å²) >= 11 is 6.99. The summed E-state index contributed by atoms with van der Waals surface area (Å²) in [5, 5.41) is 12.2. The fourth-order valence-corrected chi connectivity index (χ4v) is 3.45. The fourth-order valence-electron chi connectivity index (χ4n) is 2.47. The smallest absolute Gasteiger partial charge is 0.220 e. The Hall–Kier alpha value is -1.47. The van der Waals surface area contributed by atoms with Gasteiger partial charge in [-0.25, -0.2) is 0 Å². The number of carbonyl (C=O) groups excluding carboxylic acids is 1. The summed E-state index contributed by atoms with van der Waals surface area (Å²) in [5.74, 6) is 1.70. The van der Waals surface area contributed by atoms with E-state index in [0.29, 0.717) is 30.2 Å². The lowest BCUT2D eigenvalue weighted by Crippen LogP contribution is -2.27. The van der Waals surface area contributed by atoms with Crippen LogP contribution in [0.4, 0.5) is 0 Å². The molecule has 1 aliphatic carbocycles. The van der Waals surface area contributed by atoms with Gasteiger partial charge in [0.1, 0.15) is 5.82 Å². The zero-order valence-electron chi connectivity index (χ0n) is 12.4. The van der Waals surface area contributed by atoms with Crippen molar-refractivity contribution in [2.75, 3.05) is 6.54 Å².